The van der Waals surface area contributed by atoms with Gasteiger partial charge in [0.1, 0.15) is 23.0 Å². The summed E-state index contributed by atoms with van der Waals surface area (Å²) in [6, 6.07) is 16.6. The van der Waals surface area contributed by atoms with Gasteiger partial charge < -0.3 is 19.9 Å². The molecule has 35 heavy (non-hydrogen) atoms. The van der Waals surface area contributed by atoms with Gasteiger partial charge in [-0.15, -0.1) is 0 Å². The molecule has 0 aliphatic rings. The van der Waals surface area contributed by atoms with Crippen LogP contribution in [0.25, 0.3) is 11.0 Å². The zero-order chi connectivity index (χ0) is 24.4. The molecular weight excluding hydrogens is 452 g/mol. The minimum atomic E-state index is -0.595. The molecule has 2 aromatic carbocycles. The Labute approximate surface area is 199 Å². The summed E-state index contributed by atoms with van der Waals surface area (Å²) in [5.74, 6) is -0.588. The summed E-state index contributed by atoms with van der Waals surface area (Å²) in [7, 11) is 1.58. The number of nitrogens with one attached hydrogen (secondary N) is 2. The summed E-state index contributed by atoms with van der Waals surface area (Å²) in [4.78, 5) is 25.9. The number of aromatic nitrogens is 3. The lowest BCUT2D eigenvalue weighted by Crippen LogP contribution is -2.27. The second-order valence-corrected chi connectivity index (χ2v) is 7.66. The van der Waals surface area contributed by atoms with E-state index in [2.05, 4.69) is 20.3 Å². The smallest absolute Gasteiger partial charge is 0.261 e. The molecule has 0 aliphatic carbocycles. The van der Waals surface area contributed by atoms with E-state index in [9.17, 15) is 13.6 Å². The second-order valence-electron chi connectivity index (χ2n) is 7.66. The number of ether oxygens (including phenoxy) is 1. The monoisotopic (exact) mass is 471 g/mol. The number of carbonyl (C=O) groups excluding carboxylic acids is 1. The van der Waals surface area contributed by atoms with Gasteiger partial charge in [0, 0.05) is 43.1 Å². The molecular formula is C26H19F2N5O2. The Morgan fingerprint density at radius 2 is 1.80 bits per heavy atom. The summed E-state index contributed by atoms with van der Waals surface area (Å²) in [5.41, 5.74) is 1.81. The molecule has 2 N–H and O–H groups in total. The number of halogens is 2. The molecule has 0 fully saturated rings. The van der Waals surface area contributed by atoms with Gasteiger partial charge in [-0.2, -0.15) is 0 Å². The van der Waals surface area contributed by atoms with Crippen molar-refractivity contribution in [1.82, 2.24) is 15.0 Å². The first kappa shape index (κ1) is 22.0. The predicted octanol–water partition coefficient (Wildman–Crippen LogP) is 6.05. The Hall–Kier alpha value is -4.79. The summed E-state index contributed by atoms with van der Waals surface area (Å²) in [6.45, 7) is 0. The molecule has 0 unspecified atom stereocenters. The number of carbonyl (C=O) groups is 1. The lowest BCUT2D eigenvalue weighted by molar-refractivity contribution is 0.0993. The molecule has 9 heteroatoms. The molecule has 0 saturated carbocycles. The van der Waals surface area contributed by atoms with E-state index in [-0.39, 0.29) is 23.0 Å². The van der Waals surface area contributed by atoms with Crippen LogP contribution in [0.15, 0.2) is 85.3 Å². The third-order valence-corrected chi connectivity index (χ3v) is 5.39. The fourth-order valence-corrected chi connectivity index (χ4v) is 3.58. The lowest BCUT2D eigenvalue weighted by Gasteiger charge is -2.19. The van der Waals surface area contributed by atoms with Crippen LogP contribution in [-0.4, -0.2) is 27.9 Å². The minimum absolute atomic E-state index is 0.0395. The first-order chi connectivity index (χ1) is 17.0. The van der Waals surface area contributed by atoms with Crippen LogP contribution in [0.5, 0.6) is 11.5 Å². The zero-order valence-corrected chi connectivity index (χ0v) is 18.5. The number of hydrogen-bond acceptors (Lipinski definition) is 5. The van der Waals surface area contributed by atoms with Gasteiger partial charge in [-0.05, 0) is 60.7 Å². The van der Waals surface area contributed by atoms with Gasteiger partial charge in [0.2, 0.25) is 0 Å². The van der Waals surface area contributed by atoms with E-state index < -0.39 is 11.6 Å². The first-order valence-electron chi connectivity index (χ1n) is 10.6. The van der Waals surface area contributed by atoms with Gasteiger partial charge in [0.05, 0.1) is 10.9 Å². The minimum Gasteiger partial charge on any atom is -0.453 e. The van der Waals surface area contributed by atoms with Crippen molar-refractivity contribution >= 4 is 34.1 Å². The average Bonchev–Trinajstić information content (AvgIpc) is 3.36. The summed E-state index contributed by atoms with van der Waals surface area (Å²) in [6.07, 6.45) is 4.83. The van der Waals surface area contributed by atoms with E-state index in [1.54, 1.807) is 49.8 Å². The van der Waals surface area contributed by atoms with E-state index in [4.69, 9.17) is 4.74 Å². The van der Waals surface area contributed by atoms with Crippen molar-refractivity contribution in [2.45, 2.75) is 0 Å². The number of pyridine rings is 2. The Kier molecular flexibility index (Phi) is 5.80. The van der Waals surface area contributed by atoms with E-state index in [1.165, 1.54) is 47.5 Å². The highest BCUT2D eigenvalue weighted by molar-refractivity contribution is 6.09. The molecule has 7 nitrogen and oxygen atoms in total. The van der Waals surface area contributed by atoms with Crippen molar-refractivity contribution in [3.05, 3.63) is 103 Å². The van der Waals surface area contributed by atoms with Crippen molar-refractivity contribution in [3.8, 4) is 11.5 Å². The Morgan fingerprint density at radius 3 is 2.60 bits per heavy atom. The molecule has 0 aliphatic heterocycles. The molecule has 3 heterocycles. The quantitative estimate of drug-likeness (QED) is 0.315. The third kappa shape index (κ3) is 4.51. The van der Waals surface area contributed by atoms with Gasteiger partial charge in [-0.3, -0.25) is 4.79 Å². The topological polar surface area (TPSA) is 83.1 Å². The summed E-state index contributed by atoms with van der Waals surface area (Å²) < 4.78 is 33.9. The first-order valence-corrected chi connectivity index (χ1v) is 10.6. The largest absolute Gasteiger partial charge is 0.453 e. The van der Waals surface area contributed by atoms with Crippen LogP contribution < -0.4 is 15.0 Å². The van der Waals surface area contributed by atoms with Gasteiger partial charge in [-0.1, -0.05) is 0 Å². The maximum absolute atomic E-state index is 14.9. The van der Waals surface area contributed by atoms with Crippen molar-refractivity contribution in [2.75, 3.05) is 17.3 Å². The molecule has 0 atom stereocenters. The van der Waals surface area contributed by atoms with E-state index in [0.29, 0.717) is 22.8 Å². The number of H-pyrrole nitrogens is 1. The third-order valence-electron chi connectivity index (χ3n) is 5.39. The number of benzene rings is 2. The summed E-state index contributed by atoms with van der Waals surface area (Å²) >= 11 is 0. The Balaban J connectivity index is 1.37. The number of anilines is 3. The highest BCUT2D eigenvalue weighted by Gasteiger charge is 2.19. The normalized spacial score (nSPS) is 10.8. The van der Waals surface area contributed by atoms with Crippen molar-refractivity contribution in [2.24, 2.45) is 0 Å². The van der Waals surface area contributed by atoms with Gasteiger partial charge >= 0.3 is 0 Å². The fourth-order valence-electron chi connectivity index (χ4n) is 3.58. The van der Waals surface area contributed by atoms with Crippen LogP contribution in [0.3, 0.4) is 0 Å². The standard InChI is InChI=1S/C26H19F2N5O2/c1-33(18-7-4-16(27)5-8-18)26(34)20-3-2-12-29-25(20)32-17-6-9-23(21(28)15-17)35-22-11-14-31-24-19(22)10-13-30-24/h2-15H,1H3,(H,29,32)(H,30,31). The molecule has 1 amide bonds. The maximum Gasteiger partial charge on any atom is 0.261 e. The number of rotatable bonds is 6. The van der Waals surface area contributed by atoms with E-state index in [0.717, 1.165) is 5.39 Å². The highest BCUT2D eigenvalue weighted by Crippen LogP contribution is 2.32. The predicted molar refractivity (Wildman–Crippen MR) is 129 cm³/mol. The van der Waals surface area contributed by atoms with Crippen LogP contribution in [0.4, 0.5) is 26.0 Å². The molecule has 5 aromatic rings. The fraction of sp³-hybridized carbons (Fsp3) is 0.0385. The van der Waals surface area contributed by atoms with Crippen molar-refractivity contribution in [3.63, 3.8) is 0 Å². The van der Waals surface area contributed by atoms with Crippen LogP contribution in [0.2, 0.25) is 0 Å². The molecule has 0 saturated heterocycles. The SMILES string of the molecule is CN(C(=O)c1cccnc1Nc1ccc(Oc2ccnc3[nH]ccc23)c(F)c1)c1ccc(F)cc1. The van der Waals surface area contributed by atoms with Crippen LogP contribution in [-0.2, 0) is 0 Å². The van der Waals surface area contributed by atoms with Gasteiger partial charge in [0.25, 0.3) is 5.91 Å². The summed E-state index contributed by atoms with van der Waals surface area (Å²) in [5, 5.41) is 3.73. The maximum atomic E-state index is 14.9. The van der Waals surface area contributed by atoms with Gasteiger partial charge in [0.15, 0.2) is 11.6 Å². The number of fused-ring (bicyclic) bond motifs is 1. The zero-order valence-electron chi connectivity index (χ0n) is 18.5. The molecule has 0 radical (unpaired) electrons. The van der Waals surface area contributed by atoms with Crippen molar-refractivity contribution in [1.29, 1.82) is 0 Å². The second kappa shape index (κ2) is 9.22. The average molecular weight is 471 g/mol. The molecule has 0 bridgehead atoms. The number of nitrogens with zero attached hydrogens (tertiary/aromatic N) is 3. The number of amides is 1. The van der Waals surface area contributed by atoms with Gasteiger partial charge in [-0.25, -0.2) is 18.7 Å². The Bertz CT molecular complexity index is 1520. The molecule has 0 spiro atoms. The molecule has 5 rings (SSSR count). The number of aromatic amines is 1. The number of hydrogen-bond donors (Lipinski definition) is 2. The molecule has 174 valence electrons. The van der Waals surface area contributed by atoms with Crippen molar-refractivity contribution < 1.29 is 18.3 Å². The van der Waals surface area contributed by atoms with E-state index in [1.807, 2.05) is 0 Å². The Morgan fingerprint density at radius 1 is 0.971 bits per heavy atom. The molecule has 3 aromatic heterocycles. The van der Waals surface area contributed by atoms with E-state index >= 15 is 0 Å². The lowest BCUT2D eigenvalue weighted by atomic mass is 10.2. The van der Waals surface area contributed by atoms with Crippen LogP contribution >= 0.6 is 0 Å². The van der Waals surface area contributed by atoms with Crippen LogP contribution in [0.1, 0.15) is 10.4 Å². The van der Waals surface area contributed by atoms with Crippen LogP contribution in [0, 0.1) is 11.6 Å². The highest BCUT2D eigenvalue weighted by atomic mass is 19.1.